The first-order chi connectivity index (χ1) is 9.63. The molecule has 0 spiro atoms. The number of nitrogens with one attached hydrogen (secondary N) is 1. The van der Waals surface area contributed by atoms with Gasteiger partial charge in [-0.15, -0.1) is 0 Å². The van der Waals surface area contributed by atoms with Crippen LogP contribution >= 0.6 is 0 Å². The minimum atomic E-state index is -0.128. The van der Waals surface area contributed by atoms with E-state index in [0.717, 1.165) is 24.6 Å². The Morgan fingerprint density at radius 2 is 2.00 bits per heavy atom. The molecule has 0 amide bonds. The van der Waals surface area contributed by atoms with E-state index in [-0.39, 0.29) is 5.82 Å². The van der Waals surface area contributed by atoms with Crippen LogP contribution < -0.4 is 10.2 Å². The van der Waals surface area contributed by atoms with E-state index in [1.807, 2.05) is 6.07 Å². The van der Waals surface area contributed by atoms with Gasteiger partial charge in [-0.2, -0.15) is 0 Å². The summed E-state index contributed by atoms with van der Waals surface area (Å²) in [5.41, 5.74) is 2.35. The van der Waals surface area contributed by atoms with Gasteiger partial charge in [-0.3, -0.25) is 0 Å². The van der Waals surface area contributed by atoms with Crippen LogP contribution in [-0.4, -0.2) is 18.6 Å². The molecule has 3 rings (SSSR count). The Hall–Kier alpha value is -1.09. The Labute approximate surface area is 121 Å². The number of halogens is 1. The molecule has 0 unspecified atom stereocenters. The van der Waals surface area contributed by atoms with Gasteiger partial charge in [-0.25, -0.2) is 4.39 Å². The van der Waals surface area contributed by atoms with E-state index >= 15 is 0 Å². The largest absolute Gasteiger partial charge is 0.368 e. The Morgan fingerprint density at radius 1 is 1.25 bits per heavy atom. The van der Waals surface area contributed by atoms with Crippen LogP contribution in [0.1, 0.15) is 45.1 Å². The third-order valence-electron chi connectivity index (χ3n) is 4.19. The minimum Gasteiger partial charge on any atom is -0.368 e. The third-order valence-corrected chi connectivity index (χ3v) is 4.19. The van der Waals surface area contributed by atoms with Crippen molar-refractivity contribution in [3.63, 3.8) is 0 Å². The first kappa shape index (κ1) is 13.9. The van der Waals surface area contributed by atoms with Gasteiger partial charge in [0.1, 0.15) is 5.82 Å². The van der Waals surface area contributed by atoms with Crippen LogP contribution in [0.25, 0.3) is 0 Å². The van der Waals surface area contributed by atoms with Crippen molar-refractivity contribution in [1.29, 1.82) is 0 Å². The summed E-state index contributed by atoms with van der Waals surface area (Å²) in [7, 11) is 0. The molecule has 0 aliphatic heterocycles. The van der Waals surface area contributed by atoms with Crippen LogP contribution in [0.5, 0.6) is 0 Å². The number of hydrogen-bond acceptors (Lipinski definition) is 2. The quantitative estimate of drug-likeness (QED) is 0.817. The molecule has 2 aliphatic rings. The van der Waals surface area contributed by atoms with Gasteiger partial charge in [0.15, 0.2) is 0 Å². The predicted molar refractivity (Wildman–Crippen MR) is 81.5 cm³/mol. The highest BCUT2D eigenvalue weighted by Gasteiger charge is 2.34. The number of benzene rings is 1. The standard InChI is InChI=1S/C17H25FN2/c1-12(2)19-10-14-9-15(18)5-8-17(14)20(16-6-7-16)11-13-3-4-13/h5,8-9,12-13,16,19H,3-4,6-7,10-11H2,1-2H3. The number of nitrogens with zero attached hydrogens (tertiary/aromatic N) is 1. The average molecular weight is 276 g/mol. The predicted octanol–water partition coefficient (Wildman–Crippen LogP) is 3.70. The second kappa shape index (κ2) is 5.72. The van der Waals surface area contributed by atoms with Crippen LogP contribution in [0, 0.1) is 11.7 Å². The van der Waals surface area contributed by atoms with E-state index in [9.17, 15) is 4.39 Å². The Balaban J connectivity index is 1.81. The molecule has 2 fully saturated rings. The molecule has 0 atom stereocenters. The molecule has 20 heavy (non-hydrogen) atoms. The molecule has 1 aromatic carbocycles. The smallest absolute Gasteiger partial charge is 0.123 e. The molecule has 2 saturated carbocycles. The number of rotatable bonds is 7. The Morgan fingerprint density at radius 3 is 2.60 bits per heavy atom. The molecule has 2 aliphatic carbocycles. The SMILES string of the molecule is CC(C)NCc1cc(F)ccc1N(CC1CC1)C1CC1. The van der Waals surface area contributed by atoms with Crippen molar-refractivity contribution in [1.82, 2.24) is 5.32 Å². The monoisotopic (exact) mass is 276 g/mol. The maximum atomic E-state index is 13.6. The van der Waals surface area contributed by atoms with Crippen molar-refractivity contribution < 1.29 is 4.39 Å². The summed E-state index contributed by atoms with van der Waals surface area (Å²) in [6.07, 6.45) is 5.32. The van der Waals surface area contributed by atoms with Crippen molar-refractivity contribution in [2.75, 3.05) is 11.4 Å². The van der Waals surface area contributed by atoms with Crippen molar-refractivity contribution in [2.24, 2.45) is 5.92 Å². The second-order valence-corrected chi connectivity index (χ2v) is 6.64. The molecule has 3 heteroatoms. The molecule has 0 radical (unpaired) electrons. The van der Waals surface area contributed by atoms with Gasteiger partial charge in [-0.05, 0) is 55.4 Å². The van der Waals surface area contributed by atoms with Crippen LogP contribution in [-0.2, 0) is 6.54 Å². The van der Waals surface area contributed by atoms with E-state index in [4.69, 9.17) is 0 Å². The molecule has 0 saturated heterocycles. The van der Waals surface area contributed by atoms with Gasteiger partial charge < -0.3 is 10.2 Å². The third kappa shape index (κ3) is 3.51. The molecular weight excluding hydrogens is 251 g/mol. The van der Waals surface area contributed by atoms with Crippen LogP contribution in [0.3, 0.4) is 0 Å². The first-order valence-electron chi connectivity index (χ1n) is 7.92. The van der Waals surface area contributed by atoms with Gasteiger partial charge in [0.05, 0.1) is 0 Å². The summed E-state index contributed by atoms with van der Waals surface area (Å²) in [6.45, 7) is 6.16. The minimum absolute atomic E-state index is 0.128. The zero-order chi connectivity index (χ0) is 14.1. The fraction of sp³-hybridized carbons (Fsp3) is 0.647. The van der Waals surface area contributed by atoms with Gasteiger partial charge in [0.25, 0.3) is 0 Å². The van der Waals surface area contributed by atoms with Gasteiger partial charge in [0, 0.05) is 30.9 Å². The lowest BCUT2D eigenvalue weighted by Gasteiger charge is -2.27. The highest BCUT2D eigenvalue weighted by molar-refractivity contribution is 5.56. The summed E-state index contributed by atoms with van der Waals surface area (Å²) < 4.78 is 13.6. The summed E-state index contributed by atoms with van der Waals surface area (Å²) in [5, 5.41) is 3.42. The normalized spacial score (nSPS) is 18.6. The van der Waals surface area contributed by atoms with Crippen molar-refractivity contribution >= 4 is 5.69 Å². The van der Waals surface area contributed by atoms with Crippen LogP contribution in [0.15, 0.2) is 18.2 Å². The lowest BCUT2D eigenvalue weighted by Crippen LogP contribution is -2.30. The molecule has 110 valence electrons. The summed E-state index contributed by atoms with van der Waals surface area (Å²) in [6, 6.07) is 6.40. The zero-order valence-corrected chi connectivity index (χ0v) is 12.5. The summed E-state index contributed by atoms with van der Waals surface area (Å²) >= 11 is 0. The molecular formula is C17H25FN2. The van der Waals surface area contributed by atoms with Gasteiger partial charge >= 0.3 is 0 Å². The zero-order valence-electron chi connectivity index (χ0n) is 12.5. The van der Waals surface area contributed by atoms with Crippen molar-refractivity contribution in [2.45, 2.75) is 58.2 Å². The van der Waals surface area contributed by atoms with E-state index in [1.54, 1.807) is 12.1 Å². The summed E-state index contributed by atoms with van der Waals surface area (Å²) in [4.78, 5) is 2.54. The molecule has 0 heterocycles. The Kier molecular flexibility index (Phi) is 3.97. The van der Waals surface area contributed by atoms with E-state index in [2.05, 4.69) is 24.1 Å². The van der Waals surface area contributed by atoms with E-state index in [0.29, 0.717) is 12.1 Å². The Bertz CT molecular complexity index is 464. The average Bonchev–Trinajstić information content (AvgIpc) is 3.26. The van der Waals surface area contributed by atoms with Crippen molar-refractivity contribution in [3.8, 4) is 0 Å². The fourth-order valence-electron chi connectivity index (χ4n) is 2.70. The summed E-state index contributed by atoms with van der Waals surface area (Å²) in [5.74, 6) is 0.739. The van der Waals surface area contributed by atoms with Crippen LogP contribution in [0.4, 0.5) is 10.1 Å². The number of hydrogen-bond donors (Lipinski definition) is 1. The topological polar surface area (TPSA) is 15.3 Å². The van der Waals surface area contributed by atoms with Crippen LogP contribution in [0.2, 0.25) is 0 Å². The van der Waals surface area contributed by atoms with E-state index < -0.39 is 0 Å². The molecule has 2 nitrogen and oxygen atoms in total. The van der Waals surface area contributed by atoms with Gasteiger partial charge in [0.2, 0.25) is 0 Å². The molecule has 0 bridgehead atoms. The molecule has 1 aromatic rings. The molecule has 0 aromatic heterocycles. The van der Waals surface area contributed by atoms with E-state index in [1.165, 1.54) is 31.4 Å². The van der Waals surface area contributed by atoms with Crippen molar-refractivity contribution in [3.05, 3.63) is 29.6 Å². The lowest BCUT2D eigenvalue weighted by atomic mass is 10.1. The van der Waals surface area contributed by atoms with Gasteiger partial charge in [-0.1, -0.05) is 13.8 Å². The maximum Gasteiger partial charge on any atom is 0.123 e. The highest BCUT2D eigenvalue weighted by Crippen LogP contribution is 2.39. The first-order valence-corrected chi connectivity index (χ1v) is 7.92. The number of anilines is 1. The fourth-order valence-corrected chi connectivity index (χ4v) is 2.70. The maximum absolute atomic E-state index is 13.6. The lowest BCUT2D eigenvalue weighted by molar-refractivity contribution is 0.579. The highest BCUT2D eigenvalue weighted by atomic mass is 19.1. The molecule has 1 N–H and O–H groups in total. The second-order valence-electron chi connectivity index (χ2n) is 6.64.